The smallest absolute Gasteiger partial charge is 0.304 e. The van der Waals surface area contributed by atoms with Crippen molar-refractivity contribution in [3.63, 3.8) is 0 Å². The molecule has 2 aliphatic heterocycles. The number of rotatable bonds is 11. The predicted molar refractivity (Wildman–Crippen MR) is 147 cm³/mol. The van der Waals surface area contributed by atoms with E-state index >= 15 is 0 Å². The molecule has 0 aromatic rings. The number of halogens is 1. The van der Waals surface area contributed by atoms with Gasteiger partial charge in [0.05, 0.1) is 0 Å². The number of alkyl halides is 1. The van der Waals surface area contributed by atoms with E-state index < -0.39 is 114 Å². The fourth-order valence-electron chi connectivity index (χ4n) is 4.40. The summed E-state index contributed by atoms with van der Waals surface area (Å²) in [5, 5.41) is 0. The Morgan fingerprint density at radius 2 is 0.864 bits per heavy atom. The summed E-state index contributed by atoms with van der Waals surface area (Å²) >= 11 is 1.82. The number of carbonyl (C=O) groups is 7. The average Bonchev–Trinajstić information content (AvgIpc) is 2.87. The summed E-state index contributed by atoms with van der Waals surface area (Å²) in [5.41, 5.74) is 0. The zero-order valence-corrected chi connectivity index (χ0v) is 27.2. The minimum atomic E-state index is -1.68. The molecule has 0 radical (unpaired) electrons. The highest BCUT2D eigenvalue weighted by Crippen LogP contribution is 2.36. The molecule has 0 bridgehead atoms. The van der Waals surface area contributed by atoms with Crippen LogP contribution < -0.4 is 0 Å². The average molecular weight is 746 g/mol. The molecular weight excluding hydrogens is 711 g/mol. The van der Waals surface area contributed by atoms with Crippen molar-refractivity contribution in [3.8, 4) is 0 Å². The fourth-order valence-corrected chi connectivity index (χ4v) is 5.28. The van der Waals surface area contributed by atoms with Crippen molar-refractivity contribution in [2.24, 2.45) is 0 Å². The van der Waals surface area contributed by atoms with Crippen LogP contribution in [-0.4, -0.2) is 114 Å². The standard InChI is InChI=1S/C26H35IO17/c1-10(28)35-8-17-20(22(38-13(4)31)19(27)25(42-17)41-16(7)34)44-26-24(40-15(6)33)23(39-14(5)32)21(37-12(3)30)18(43-26)9-36-11(2)29/h17-26H,8-9H2,1-7H3/t17-,18-,19+,20-,21+,22-,23+,24-,25+,26+/m1/s1. The third-order valence-electron chi connectivity index (χ3n) is 5.85. The van der Waals surface area contributed by atoms with Crippen LogP contribution in [0.25, 0.3) is 0 Å². The Balaban J connectivity index is 2.63. The van der Waals surface area contributed by atoms with Gasteiger partial charge in [0.1, 0.15) is 41.6 Å². The van der Waals surface area contributed by atoms with Crippen molar-refractivity contribution in [2.45, 2.75) is 108 Å². The first-order valence-corrected chi connectivity index (χ1v) is 14.5. The lowest BCUT2D eigenvalue weighted by Gasteiger charge is -2.48. The SMILES string of the molecule is CC(=O)OC[C@H]1O[C@@H](O[C@H]2[C@H](OC(C)=O)[C@H](I)[C@@H](OC(C)=O)O[C@@H]2COC(C)=O)[C@H](OC(C)=O)[C@@H](OC(C)=O)[C@H]1OC(C)=O. The molecule has 0 spiro atoms. The van der Waals surface area contributed by atoms with Gasteiger partial charge < -0.3 is 47.4 Å². The molecule has 2 rings (SSSR count). The number of hydrogen-bond donors (Lipinski definition) is 0. The first-order chi connectivity index (χ1) is 20.5. The highest BCUT2D eigenvalue weighted by atomic mass is 127. The van der Waals surface area contributed by atoms with Gasteiger partial charge in [-0.05, 0) is 0 Å². The molecule has 0 N–H and O–H groups in total. The minimum Gasteiger partial charge on any atom is -0.463 e. The monoisotopic (exact) mass is 746 g/mol. The maximum Gasteiger partial charge on any atom is 0.304 e. The summed E-state index contributed by atoms with van der Waals surface area (Å²) < 4.78 is 54.3. The summed E-state index contributed by atoms with van der Waals surface area (Å²) in [6, 6.07) is 0. The Kier molecular flexibility index (Phi) is 14.2. The molecule has 0 aromatic heterocycles. The molecule has 2 saturated heterocycles. The Hall–Kier alpha value is -3.10. The zero-order valence-electron chi connectivity index (χ0n) is 25.0. The van der Waals surface area contributed by atoms with E-state index in [0.717, 1.165) is 48.5 Å². The Labute approximate surface area is 265 Å². The van der Waals surface area contributed by atoms with E-state index in [1.165, 1.54) is 0 Å². The summed E-state index contributed by atoms with van der Waals surface area (Å²) in [5.74, 6) is -5.47. The van der Waals surface area contributed by atoms with E-state index in [-0.39, 0.29) is 0 Å². The summed E-state index contributed by atoms with van der Waals surface area (Å²) in [6.45, 7) is 6.67. The molecular formula is C26H35IO17. The van der Waals surface area contributed by atoms with Gasteiger partial charge in [0.25, 0.3) is 0 Å². The fraction of sp³-hybridized carbons (Fsp3) is 0.731. The third kappa shape index (κ3) is 11.1. The van der Waals surface area contributed by atoms with Gasteiger partial charge >= 0.3 is 41.8 Å². The first kappa shape index (κ1) is 37.1. The van der Waals surface area contributed by atoms with Gasteiger partial charge in [0.2, 0.25) is 6.29 Å². The molecule has 0 amide bonds. The normalized spacial score (nSPS) is 31.5. The van der Waals surface area contributed by atoms with Gasteiger partial charge in [-0.3, -0.25) is 33.6 Å². The van der Waals surface area contributed by atoms with E-state index in [9.17, 15) is 33.6 Å². The van der Waals surface area contributed by atoms with Crippen molar-refractivity contribution >= 4 is 64.4 Å². The van der Waals surface area contributed by atoms with Gasteiger partial charge in [-0.15, -0.1) is 0 Å². The molecule has 0 unspecified atom stereocenters. The van der Waals surface area contributed by atoms with Crippen LogP contribution >= 0.6 is 22.6 Å². The Bertz CT molecular complexity index is 1090. The Morgan fingerprint density at radius 1 is 0.477 bits per heavy atom. The molecule has 2 fully saturated rings. The maximum absolute atomic E-state index is 12.2. The molecule has 0 aromatic carbocycles. The summed E-state index contributed by atoms with van der Waals surface area (Å²) in [7, 11) is 0. The number of ether oxygens (including phenoxy) is 10. The lowest BCUT2D eigenvalue weighted by atomic mass is 9.97. The van der Waals surface area contributed by atoms with Gasteiger partial charge in [0, 0.05) is 48.5 Å². The van der Waals surface area contributed by atoms with E-state index in [2.05, 4.69) is 0 Å². The zero-order chi connectivity index (χ0) is 33.3. The van der Waals surface area contributed by atoms with Crippen LogP contribution in [0, 0.1) is 0 Å². The lowest BCUT2D eigenvalue weighted by molar-refractivity contribution is -0.343. The number of carbonyl (C=O) groups excluding carboxylic acids is 7. The Morgan fingerprint density at radius 3 is 1.32 bits per heavy atom. The molecule has 2 heterocycles. The van der Waals surface area contributed by atoms with Crippen LogP contribution in [0.2, 0.25) is 0 Å². The van der Waals surface area contributed by atoms with Crippen molar-refractivity contribution in [1.82, 2.24) is 0 Å². The quantitative estimate of drug-likeness (QED) is 0.118. The topological polar surface area (TPSA) is 212 Å². The van der Waals surface area contributed by atoms with Crippen LogP contribution in [0.3, 0.4) is 0 Å². The van der Waals surface area contributed by atoms with Crippen LogP contribution in [0.4, 0.5) is 0 Å². The van der Waals surface area contributed by atoms with Gasteiger partial charge in [-0.1, -0.05) is 22.6 Å². The van der Waals surface area contributed by atoms with Gasteiger partial charge in [-0.25, -0.2) is 0 Å². The van der Waals surface area contributed by atoms with Crippen LogP contribution in [0.15, 0.2) is 0 Å². The van der Waals surface area contributed by atoms with Crippen molar-refractivity contribution in [1.29, 1.82) is 0 Å². The molecule has 0 aliphatic carbocycles. The second-order valence-corrected chi connectivity index (χ2v) is 11.1. The minimum absolute atomic E-state index is 0.482. The highest BCUT2D eigenvalue weighted by Gasteiger charge is 2.56. The molecule has 0 saturated carbocycles. The third-order valence-corrected chi connectivity index (χ3v) is 7.14. The largest absolute Gasteiger partial charge is 0.463 e. The predicted octanol–water partition coefficient (Wildman–Crippen LogP) is 0.0411. The van der Waals surface area contributed by atoms with Gasteiger partial charge in [-0.2, -0.15) is 0 Å². The molecule has 44 heavy (non-hydrogen) atoms. The van der Waals surface area contributed by atoms with Gasteiger partial charge in [0.15, 0.2) is 24.6 Å². The molecule has 2 aliphatic rings. The lowest BCUT2D eigenvalue weighted by Crippen LogP contribution is -2.66. The molecule has 17 nitrogen and oxygen atoms in total. The molecule has 18 heteroatoms. The van der Waals surface area contributed by atoms with Crippen molar-refractivity contribution in [3.05, 3.63) is 0 Å². The number of hydrogen-bond acceptors (Lipinski definition) is 17. The molecule has 10 atom stereocenters. The maximum atomic E-state index is 12.2. The van der Waals surface area contributed by atoms with Crippen molar-refractivity contribution < 1.29 is 80.9 Å². The summed E-state index contributed by atoms with van der Waals surface area (Å²) in [6.07, 6.45) is -12.8. The van der Waals surface area contributed by atoms with E-state index in [1.54, 1.807) is 0 Å². The van der Waals surface area contributed by atoms with Crippen LogP contribution in [0.1, 0.15) is 48.5 Å². The van der Waals surface area contributed by atoms with Crippen molar-refractivity contribution in [2.75, 3.05) is 13.2 Å². The first-order valence-electron chi connectivity index (χ1n) is 13.2. The van der Waals surface area contributed by atoms with Crippen LogP contribution in [0.5, 0.6) is 0 Å². The van der Waals surface area contributed by atoms with Crippen LogP contribution in [-0.2, 0) is 80.9 Å². The summed E-state index contributed by atoms with van der Waals surface area (Å²) in [4.78, 5) is 83.6. The molecule has 248 valence electrons. The number of esters is 7. The second kappa shape index (κ2) is 16.8. The second-order valence-electron chi connectivity index (χ2n) is 9.64. The highest BCUT2D eigenvalue weighted by molar-refractivity contribution is 14.1. The van der Waals surface area contributed by atoms with E-state index in [0.29, 0.717) is 0 Å². The van der Waals surface area contributed by atoms with E-state index in [1.807, 2.05) is 22.6 Å². The van der Waals surface area contributed by atoms with E-state index in [4.69, 9.17) is 47.4 Å².